The number of carbonyl (C=O) groups is 2. The van der Waals surface area contributed by atoms with Crippen LogP contribution in [-0.4, -0.2) is 41.3 Å². The summed E-state index contributed by atoms with van der Waals surface area (Å²) < 4.78 is 0. The molecule has 1 aromatic carbocycles. The van der Waals surface area contributed by atoms with Crippen molar-refractivity contribution in [3.63, 3.8) is 0 Å². The van der Waals surface area contributed by atoms with Crippen LogP contribution < -0.4 is 15.2 Å². The van der Waals surface area contributed by atoms with E-state index in [2.05, 4.69) is 41.4 Å². The number of carbonyl (C=O) groups excluding carboxylic acids is 2. The molecular formula is C23H27N5O2S2. The number of thiophene rings is 1. The number of amidine groups is 1. The first kappa shape index (κ1) is 21.3. The summed E-state index contributed by atoms with van der Waals surface area (Å²) in [6.07, 6.45) is 2.26. The van der Waals surface area contributed by atoms with Crippen molar-refractivity contribution in [2.24, 2.45) is 11.0 Å². The van der Waals surface area contributed by atoms with Crippen LogP contribution in [0.15, 0.2) is 40.8 Å². The van der Waals surface area contributed by atoms with Crippen LogP contribution in [0.2, 0.25) is 0 Å². The largest absolute Gasteiger partial charge is 0.312 e. The fraction of sp³-hybridized carbons (Fsp3) is 0.435. The number of anilines is 2. The molecular weight excluding hydrogens is 442 g/mol. The predicted octanol–water partition coefficient (Wildman–Crippen LogP) is 4.27. The van der Waals surface area contributed by atoms with Gasteiger partial charge in [0.1, 0.15) is 4.88 Å². The first-order valence-electron chi connectivity index (χ1n) is 11.1. The Labute approximate surface area is 196 Å². The quantitative estimate of drug-likeness (QED) is 0.684. The predicted molar refractivity (Wildman–Crippen MR) is 131 cm³/mol. The topological polar surface area (TPSA) is 68.2 Å². The average molecular weight is 470 g/mol. The summed E-state index contributed by atoms with van der Waals surface area (Å²) >= 11 is 3.15. The normalized spacial score (nSPS) is 20.0. The zero-order valence-corrected chi connectivity index (χ0v) is 19.9. The minimum Gasteiger partial charge on any atom is -0.312 e. The van der Waals surface area contributed by atoms with Crippen LogP contribution in [0.1, 0.15) is 48.3 Å². The molecule has 0 saturated carbocycles. The van der Waals surface area contributed by atoms with Gasteiger partial charge in [-0.15, -0.1) is 11.3 Å². The summed E-state index contributed by atoms with van der Waals surface area (Å²) in [5, 5.41) is 7.44. The van der Waals surface area contributed by atoms with Crippen molar-refractivity contribution in [3.05, 3.63) is 46.2 Å². The maximum absolute atomic E-state index is 13.1. The molecule has 1 aromatic heterocycles. The summed E-state index contributed by atoms with van der Waals surface area (Å²) in [5.41, 5.74) is 6.27. The Bertz CT molecular complexity index is 1050. The van der Waals surface area contributed by atoms with Gasteiger partial charge in [-0.25, -0.2) is 0 Å². The van der Waals surface area contributed by atoms with E-state index in [4.69, 9.17) is 0 Å². The van der Waals surface area contributed by atoms with Crippen molar-refractivity contribution in [2.75, 3.05) is 22.9 Å². The number of thioether (sulfide) groups is 1. The van der Waals surface area contributed by atoms with E-state index in [9.17, 15) is 9.59 Å². The number of rotatable bonds is 6. The van der Waals surface area contributed by atoms with Gasteiger partial charge in [0.05, 0.1) is 5.69 Å². The smallest absolute Gasteiger partial charge is 0.269 e. The first-order valence-corrected chi connectivity index (χ1v) is 12.9. The van der Waals surface area contributed by atoms with E-state index in [0.29, 0.717) is 18.9 Å². The highest BCUT2D eigenvalue weighted by Crippen LogP contribution is 2.38. The number of hydrogen-bond acceptors (Lipinski definition) is 7. The van der Waals surface area contributed by atoms with E-state index in [0.717, 1.165) is 46.6 Å². The number of nitrogens with zero attached hydrogens (tertiary/aromatic N) is 4. The molecule has 2 aromatic rings. The van der Waals surface area contributed by atoms with Gasteiger partial charge in [-0.05, 0) is 47.9 Å². The molecule has 168 valence electrons. The molecule has 1 N–H and O–H groups in total. The van der Waals surface area contributed by atoms with Crippen molar-refractivity contribution in [1.29, 1.82) is 0 Å². The Morgan fingerprint density at radius 2 is 2.03 bits per heavy atom. The number of hydrogen-bond donors (Lipinski definition) is 1. The number of nitrogens with one attached hydrogen (secondary N) is 1. The van der Waals surface area contributed by atoms with Gasteiger partial charge in [0.25, 0.3) is 5.91 Å². The first-order chi connectivity index (χ1) is 15.5. The standard InChI is InChI=1S/C23H27N5O2S2/c1-15(2)9-12-27-21(30)20-18(10-13-31-20)28-22(27)24-25-23(28)32-14-16-5-7-17(8-6-16)26-11-3-4-19(26)29/h5-8,10,13,15,22,24H,3-4,9,11-12,14H2,1-2H3. The Morgan fingerprint density at radius 3 is 2.75 bits per heavy atom. The van der Waals surface area contributed by atoms with Gasteiger partial charge in [-0.3, -0.25) is 24.8 Å². The summed E-state index contributed by atoms with van der Waals surface area (Å²) in [6.45, 7) is 5.86. The lowest BCUT2D eigenvalue weighted by atomic mass is 10.1. The van der Waals surface area contributed by atoms with Crippen LogP contribution in [0.4, 0.5) is 11.4 Å². The molecule has 7 nitrogen and oxygen atoms in total. The summed E-state index contributed by atoms with van der Waals surface area (Å²) in [7, 11) is 0. The van der Waals surface area contributed by atoms with E-state index < -0.39 is 0 Å². The van der Waals surface area contributed by atoms with Gasteiger partial charge in [0.2, 0.25) is 12.2 Å². The molecule has 1 saturated heterocycles. The second kappa shape index (κ2) is 8.78. The highest BCUT2D eigenvalue weighted by atomic mass is 32.2. The van der Waals surface area contributed by atoms with Crippen molar-refractivity contribution in [2.45, 2.75) is 45.2 Å². The maximum atomic E-state index is 13.1. The lowest BCUT2D eigenvalue weighted by molar-refractivity contribution is -0.117. The number of benzene rings is 1. The monoisotopic (exact) mass is 469 g/mol. The highest BCUT2D eigenvalue weighted by Gasteiger charge is 2.43. The van der Waals surface area contributed by atoms with Gasteiger partial charge in [-0.1, -0.05) is 37.7 Å². The maximum Gasteiger partial charge on any atom is 0.269 e. The van der Waals surface area contributed by atoms with E-state index in [-0.39, 0.29) is 18.1 Å². The van der Waals surface area contributed by atoms with Gasteiger partial charge >= 0.3 is 0 Å². The Hall–Kier alpha value is -2.52. The lowest BCUT2D eigenvalue weighted by Crippen LogP contribution is -2.58. The minimum absolute atomic E-state index is 0.0814. The zero-order chi connectivity index (χ0) is 22.2. The molecule has 3 aliphatic heterocycles. The Kier molecular flexibility index (Phi) is 5.86. The lowest BCUT2D eigenvalue weighted by Gasteiger charge is -2.39. The summed E-state index contributed by atoms with van der Waals surface area (Å²) in [6, 6.07) is 10.2. The highest BCUT2D eigenvalue weighted by molar-refractivity contribution is 8.13. The second-order valence-electron chi connectivity index (χ2n) is 8.69. The van der Waals surface area contributed by atoms with Gasteiger partial charge in [0, 0.05) is 31.0 Å². The molecule has 2 amide bonds. The summed E-state index contributed by atoms with van der Waals surface area (Å²) in [4.78, 5) is 31.7. The molecule has 0 spiro atoms. The van der Waals surface area contributed by atoms with Crippen molar-refractivity contribution in [1.82, 2.24) is 10.3 Å². The molecule has 1 unspecified atom stereocenters. The Balaban J connectivity index is 1.29. The molecule has 3 aliphatic rings. The molecule has 0 aliphatic carbocycles. The van der Waals surface area contributed by atoms with Crippen LogP contribution in [-0.2, 0) is 10.5 Å². The third-order valence-corrected chi connectivity index (χ3v) is 7.93. The van der Waals surface area contributed by atoms with Crippen molar-refractivity contribution >= 4 is 51.5 Å². The molecule has 32 heavy (non-hydrogen) atoms. The molecule has 0 bridgehead atoms. The van der Waals surface area contributed by atoms with Crippen LogP contribution in [0.5, 0.6) is 0 Å². The molecule has 1 fully saturated rings. The van der Waals surface area contributed by atoms with Gasteiger partial charge in [-0.2, -0.15) is 5.10 Å². The number of hydrazone groups is 1. The van der Waals surface area contributed by atoms with E-state index in [1.165, 1.54) is 16.9 Å². The summed E-state index contributed by atoms with van der Waals surface area (Å²) in [5.74, 6) is 1.57. The van der Waals surface area contributed by atoms with E-state index >= 15 is 0 Å². The van der Waals surface area contributed by atoms with Crippen LogP contribution in [0.25, 0.3) is 0 Å². The fourth-order valence-electron chi connectivity index (χ4n) is 4.23. The van der Waals surface area contributed by atoms with Crippen LogP contribution >= 0.6 is 23.1 Å². The molecule has 9 heteroatoms. The van der Waals surface area contributed by atoms with Gasteiger partial charge < -0.3 is 4.90 Å². The molecule has 0 radical (unpaired) electrons. The van der Waals surface area contributed by atoms with Gasteiger partial charge in [0.15, 0.2) is 5.17 Å². The van der Waals surface area contributed by atoms with Crippen molar-refractivity contribution in [3.8, 4) is 0 Å². The second-order valence-corrected chi connectivity index (χ2v) is 10.5. The number of fused-ring (bicyclic) bond motifs is 3. The SMILES string of the molecule is CC(C)CCN1C(=O)c2sccc2N2C(SCc3ccc(N4CCCC4=O)cc3)=NNC12. The minimum atomic E-state index is -0.269. The average Bonchev–Trinajstić information content (AvgIpc) is 3.51. The molecule has 1 atom stereocenters. The van der Waals surface area contributed by atoms with Crippen molar-refractivity contribution < 1.29 is 9.59 Å². The molecule has 4 heterocycles. The third-order valence-electron chi connectivity index (χ3n) is 6.02. The fourth-order valence-corrected chi connectivity index (χ4v) is 6.01. The van der Waals surface area contributed by atoms with E-state index in [1.54, 1.807) is 11.8 Å². The zero-order valence-electron chi connectivity index (χ0n) is 18.3. The number of amides is 2. The Morgan fingerprint density at radius 1 is 1.22 bits per heavy atom. The molecule has 5 rings (SSSR count). The van der Waals surface area contributed by atoms with Crippen LogP contribution in [0, 0.1) is 5.92 Å². The van der Waals surface area contributed by atoms with E-state index in [1.807, 2.05) is 33.4 Å². The third kappa shape index (κ3) is 3.88. The van der Waals surface area contributed by atoms with Crippen LogP contribution in [0.3, 0.4) is 0 Å².